The lowest BCUT2D eigenvalue weighted by molar-refractivity contribution is 0.0957. The zero-order valence-electron chi connectivity index (χ0n) is 12.5. The van der Waals surface area contributed by atoms with Crippen molar-refractivity contribution in [3.8, 4) is 0 Å². The van der Waals surface area contributed by atoms with Crippen molar-refractivity contribution >= 4 is 5.65 Å². The van der Waals surface area contributed by atoms with Crippen molar-refractivity contribution < 1.29 is 0 Å². The van der Waals surface area contributed by atoms with Crippen LogP contribution in [-0.2, 0) is 6.54 Å². The maximum atomic E-state index is 4.68. The van der Waals surface area contributed by atoms with Crippen LogP contribution < -0.4 is 0 Å². The molecule has 0 saturated carbocycles. The summed E-state index contributed by atoms with van der Waals surface area (Å²) < 4.78 is 2.10. The largest absolute Gasteiger partial charge is 0.307 e. The van der Waals surface area contributed by atoms with Gasteiger partial charge in [-0.05, 0) is 25.5 Å². The van der Waals surface area contributed by atoms with Gasteiger partial charge in [-0.25, -0.2) is 4.98 Å². The molecular formula is C16H24N4. The van der Waals surface area contributed by atoms with E-state index >= 15 is 0 Å². The molecule has 2 aromatic rings. The van der Waals surface area contributed by atoms with Crippen molar-refractivity contribution in [1.82, 2.24) is 19.2 Å². The second-order valence-electron chi connectivity index (χ2n) is 5.77. The van der Waals surface area contributed by atoms with Gasteiger partial charge in [-0.2, -0.15) is 0 Å². The van der Waals surface area contributed by atoms with Crippen LogP contribution in [-0.4, -0.2) is 51.4 Å². The molecular weight excluding hydrogens is 248 g/mol. The van der Waals surface area contributed by atoms with Crippen molar-refractivity contribution in [2.45, 2.75) is 32.9 Å². The van der Waals surface area contributed by atoms with Gasteiger partial charge in [-0.15, -0.1) is 0 Å². The van der Waals surface area contributed by atoms with E-state index in [1.54, 1.807) is 0 Å². The average Bonchev–Trinajstić information content (AvgIpc) is 2.89. The molecule has 0 bridgehead atoms. The summed E-state index contributed by atoms with van der Waals surface area (Å²) in [4.78, 5) is 9.80. The molecule has 4 nitrogen and oxygen atoms in total. The number of fused-ring (bicyclic) bond motifs is 1. The minimum absolute atomic E-state index is 0.715. The molecule has 0 radical (unpaired) electrons. The van der Waals surface area contributed by atoms with Crippen LogP contribution in [0.4, 0.5) is 0 Å². The summed E-state index contributed by atoms with van der Waals surface area (Å²) in [6.45, 7) is 10.2. The first-order chi connectivity index (χ1) is 9.76. The number of hydrogen-bond acceptors (Lipinski definition) is 3. The Kier molecular flexibility index (Phi) is 4.03. The Morgan fingerprint density at radius 3 is 2.70 bits per heavy atom. The average molecular weight is 272 g/mol. The van der Waals surface area contributed by atoms with Crippen molar-refractivity contribution in [2.75, 3.05) is 26.2 Å². The SMILES string of the molecule is CCC(C)N1CCN(Cc2cn3ccccc3n2)CC1. The first kappa shape index (κ1) is 13.6. The van der Waals surface area contributed by atoms with Gasteiger partial charge < -0.3 is 4.40 Å². The summed E-state index contributed by atoms with van der Waals surface area (Å²) in [5.41, 5.74) is 2.22. The van der Waals surface area contributed by atoms with Crippen LogP contribution in [0.5, 0.6) is 0 Å². The highest BCUT2D eigenvalue weighted by Gasteiger charge is 2.20. The second-order valence-corrected chi connectivity index (χ2v) is 5.77. The summed E-state index contributed by atoms with van der Waals surface area (Å²) in [6, 6.07) is 6.86. The molecule has 1 fully saturated rings. The van der Waals surface area contributed by atoms with Crippen LogP contribution in [0.15, 0.2) is 30.6 Å². The molecule has 0 aromatic carbocycles. The molecule has 1 saturated heterocycles. The predicted octanol–water partition coefficient (Wildman–Crippen LogP) is 2.25. The molecule has 108 valence electrons. The topological polar surface area (TPSA) is 23.8 Å². The maximum Gasteiger partial charge on any atom is 0.137 e. The molecule has 1 aliphatic heterocycles. The molecule has 3 heterocycles. The molecule has 2 aromatic heterocycles. The third-order valence-electron chi connectivity index (χ3n) is 4.42. The van der Waals surface area contributed by atoms with Crippen LogP contribution in [0, 0.1) is 0 Å². The van der Waals surface area contributed by atoms with Crippen molar-refractivity contribution in [3.63, 3.8) is 0 Å². The van der Waals surface area contributed by atoms with Gasteiger partial charge in [0.15, 0.2) is 0 Å². The van der Waals surface area contributed by atoms with Gasteiger partial charge in [0.1, 0.15) is 5.65 Å². The number of nitrogens with zero attached hydrogens (tertiary/aromatic N) is 4. The van der Waals surface area contributed by atoms with E-state index in [0.29, 0.717) is 6.04 Å². The highest BCUT2D eigenvalue weighted by molar-refractivity contribution is 5.39. The first-order valence-corrected chi connectivity index (χ1v) is 7.65. The molecule has 0 spiro atoms. The third kappa shape index (κ3) is 2.86. The number of piperazine rings is 1. The molecule has 1 unspecified atom stereocenters. The standard InChI is InChI=1S/C16H24N4/c1-3-14(2)19-10-8-18(9-11-19)12-15-13-20-7-5-4-6-16(20)17-15/h4-7,13-14H,3,8-12H2,1-2H3. The quantitative estimate of drug-likeness (QED) is 0.853. The Morgan fingerprint density at radius 1 is 1.20 bits per heavy atom. The molecule has 3 rings (SSSR count). The Balaban J connectivity index is 1.59. The van der Waals surface area contributed by atoms with E-state index in [2.05, 4.69) is 51.5 Å². The zero-order valence-corrected chi connectivity index (χ0v) is 12.5. The van der Waals surface area contributed by atoms with E-state index in [9.17, 15) is 0 Å². The van der Waals surface area contributed by atoms with Crippen LogP contribution in [0.25, 0.3) is 5.65 Å². The first-order valence-electron chi connectivity index (χ1n) is 7.65. The van der Waals surface area contributed by atoms with Gasteiger partial charge in [0.05, 0.1) is 5.69 Å². The predicted molar refractivity (Wildman–Crippen MR) is 81.8 cm³/mol. The molecule has 0 N–H and O–H groups in total. The third-order valence-corrected chi connectivity index (χ3v) is 4.42. The van der Waals surface area contributed by atoms with Gasteiger partial charge in [0, 0.05) is 51.2 Å². The van der Waals surface area contributed by atoms with Crippen molar-refractivity contribution in [2.24, 2.45) is 0 Å². The van der Waals surface area contributed by atoms with Gasteiger partial charge in [0.2, 0.25) is 0 Å². The normalized spacial score (nSPS) is 19.5. The number of pyridine rings is 1. The number of hydrogen-bond donors (Lipinski definition) is 0. The number of rotatable bonds is 4. The Bertz CT molecular complexity index is 521. The van der Waals surface area contributed by atoms with E-state index in [4.69, 9.17) is 0 Å². The lowest BCUT2D eigenvalue weighted by atomic mass is 10.2. The summed E-state index contributed by atoms with van der Waals surface area (Å²) in [5, 5.41) is 0. The highest BCUT2D eigenvalue weighted by Crippen LogP contribution is 2.12. The van der Waals surface area contributed by atoms with Gasteiger partial charge in [-0.3, -0.25) is 9.80 Å². The van der Waals surface area contributed by atoms with E-state index < -0.39 is 0 Å². The Labute approximate surface area is 121 Å². The summed E-state index contributed by atoms with van der Waals surface area (Å²) in [5.74, 6) is 0. The van der Waals surface area contributed by atoms with E-state index in [0.717, 1.165) is 25.3 Å². The van der Waals surface area contributed by atoms with Crippen LogP contribution >= 0.6 is 0 Å². The molecule has 1 atom stereocenters. The van der Waals surface area contributed by atoms with Gasteiger partial charge in [-0.1, -0.05) is 13.0 Å². The summed E-state index contributed by atoms with van der Waals surface area (Å²) in [6.07, 6.45) is 5.45. The molecule has 4 heteroatoms. The number of imidazole rings is 1. The molecule has 0 amide bonds. The van der Waals surface area contributed by atoms with Crippen LogP contribution in [0.1, 0.15) is 26.0 Å². The molecule has 1 aliphatic rings. The van der Waals surface area contributed by atoms with E-state index in [-0.39, 0.29) is 0 Å². The van der Waals surface area contributed by atoms with E-state index in [1.165, 1.54) is 25.2 Å². The minimum atomic E-state index is 0.715. The van der Waals surface area contributed by atoms with Crippen molar-refractivity contribution in [3.05, 3.63) is 36.3 Å². The lowest BCUT2D eigenvalue weighted by Crippen LogP contribution is -2.49. The fraction of sp³-hybridized carbons (Fsp3) is 0.562. The van der Waals surface area contributed by atoms with Gasteiger partial charge >= 0.3 is 0 Å². The van der Waals surface area contributed by atoms with E-state index in [1.807, 2.05) is 12.1 Å². The lowest BCUT2D eigenvalue weighted by Gasteiger charge is -2.37. The smallest absolute Gasteiger partial charge is 0.137 e. The molecule has 0 aliphatic carbocycles. The van der Waals surface area contributed by atoms with Crippen molar-refractivity contribution in [1.29, 1.82) is 0 Å². The number of aromatic nitrogens is 2. The summed E-state index contributed by atoms with van der Waals surface area (Å²) in [7, 11) is 0. The zero-order chi connectivity index (χ0) is 13.9. The Hall–Kier alpha value is -1.39. The fourth-order valence-electron chi connectivity index (χ4n) is 2.91. The monoisotopic (exact) mass is 272 g/mol. The van der Waals surface area contributed by atoms with Gasteiger partial charge in [0.25, 0.3) is 0 Å². The summed E-state index contributed by atoms with van der Waals surface area (Å²) >= 11 is 0. The maximum absolute atomic E-state index is 4.68. The van der Waals surface area contributed by atoms with Crippen LogP contribution in [0.2, 0.25) is 0 Å². The Morgan fingerprint density at radius 2 is 2.00 bits per heavy atom. The highest BCUT2D eigenvalue weighted by atomic mass is 15.3. The molecule has 20 heavy (non-hydrogen) atoms. The minimum Gasteiger partial charge on any atom is -0.307 e. The fourth-order valence-corrected chi connectivity index (χ4v) is 2.91. The van der Waals surface area contributed by atoms with Crippen LogP contribution in [0.3, 0.4) is 0 Å². The second kappa shape index (κ2) is 5.94.